The lowest BCUT2D eigenvalue weighted by Crippen LogP contribution is -2.31. The molecule has 1 atom stereocenters. The number of hydrogen-bond donors (Lipinski definition) is 2. The van der Waals surface area contributed by atoms with Gasteiger partial charge in [-0.1, -0.05) is 17.7 Å². The van der Waals surface area contributed by atoms with Crippen molar-refractivity contribution in [2.75, 3.05) is 25.1 Å². The molecule has 0 aliphatic heterocycles. The van der Waals surface area contributed by atoms with E-state index in [0.717, 1.165) is 5.69 Å². The highest BCUT2D eigenvalue weighted by Crippen LogP contribution is 2.13. The normalized spacial score (nSPS) is 12.6. The lowest BCUT2D eigenvalue weighted by Gasteiger charge is -2.21. The van der Waals surface area contributed by atoms with Gasteiger partial charge in [0, 0.05) is 19.3 Å². The molecular formula is C11H17NO2. The van der Waals surface area contributed by atoms with Crippen molar-refractivity contribution >= 4 is 5.69 Å². The second kappa shape index (κ2) is 4.98. The molecule has 1 rings (SSSR count). The summed E-state index contributed by atoms with van der Waals surface area (Å²) in [5.41, 5.74) is 2.26. The number of aliphatic hydroxyl groups excluding tert-OH is 2. The van der Waals surface area contributed by atoms with Gasteiger partial charge in [0.2, 0.25) is 0 Å². The number of anilines is 1. The van der Waals surface area contributed by atoms with E-state index < -0.39 is 6.10 Å². The van der Waals surface area contributed by atoms with Gasteiger partial charge >= 0.3 is 0 Å². The summed E-state index contributed by atoms with van der Waals surface area (Å²) in [7, 11) is 1.89. The zero-order valence-corrected chi connectivity index (χ0v) is 8.64. The summed E-state index contributed by atoms with van der Waals surface area (Å²) in [5.74, 6) is 0. The fourth-order valence-corrected chi connectivity index (χ4v) is 1.28. The summed E-state index contributed by atoms with van der Waals surface area (Å²) >= 11 is 0. The third-order valence-corrected chi connectivity index (χ3v) is 2.17. The largest absolute Gasteiger partial charge is 0.394 e. The van der Waals surface area contributed by atoms with E-state index in [1.54, 1.807) is 0 Å². The van der Waals surface area contributed by atoms with Crippen molar-refractivity contribution in [3.05, 3.63) is 29.8 Å². The third-order valence-electron chi connectivity index (χ3n) is 2.17. The second-order valence-corrected chi connectivity index (χ2v) is 3.55. The zero-order chi connectivity index (χ0) is 10.6. The van der Waals surface area contributed by atoms with Crippen LogP contribution < -0.4 is 4.90 Å². The lowest BCUT2D eigenvalue weighted by atomic mass is 10.2. The van der Waals surface area contributed by atoms with Crippen molar-refractivity contribution < 1.29 is 10.2 Å². The number of likely N-dealkylation sites (N-methyl/N-ethyl adjacent to an activating group) is 1. The van der Waals surface area contributed by atoms with Crippen molar-refractivity contribution in [3.8, 4) is 0 Å². The van der Waals surface area contributed by atoms with E-state index in [1.807, 2.05) is 43.1 Å². The standard InChI is InChI=1S/C11H17NO2/c1-9-3-5-10(6-4-9)12(2)7-11(14)8-13/h3-6,11,13-14H,7-8H2,1-2H3. The summed E-state index contributed by atoms with van der Waals surface area (Å²) in [6.45, 7) is 2.28. The molecule has 1 aromatic carbocycles. The maximum absolute atomic E-state index is 9.25. The molecule has 0 saturated heterocycles. The molecule has 1 unspecified atom stereocenters. The first-order valence-electron chi connectivity index (χ1n) is 4.70. The minimum Gasteiger partial charge on any atom is -0.394 e. The predicted molar refractivity (Wildman–Crippen MR) is 57.5 cm³/mol. The molecule has 0 fully saturated rings. The molecule has 0 aliphatic rings. The van der Waals surface area contributed by atoms with Crippen molar-refractivity contribution in [2.45, 2.75) is 13.0 Å². The van der Waals surface area contributed by atoms with Gasteiger partial charge in [-0.05, 0) is 19.1 Å². The number of benzene rings is 1. The molecule has 2 N–H and O–H groups in total. The minimum absolute atomic E-state index is 0.198. The predicted octanol–water partition coefficient (Wildman–Crippen LogP) is 0.784. The van der Waals surface area contributed by atoms with Gasteiger partial charge in [-0.25, -0.2) is 0 Å². The van der Waals surface area contributed by atoms with Gasteiger partial charge in [0.05, 0.1) is 12.7 Å². The molecule has 0 amide bonds. The van der Waals surface area contributed by atoms with Gasteiger partial charge in [-0.3, -0.25) is 0 Å². The van der Waals surface area contributed by atoms with Crippen LogP contribution in [0, 0.1) is 6.92 Å². The summed E-state index contributed by atoms with van der Waals surface area (Å²) in [6.07, 6.45) is -0.679. The Hall–Kier alpha value is -1.06. The Morgan fingerprint density at radius 1 is 1.29 bits per heavy atom. The Bertz CT molecular complexity index is 271. The Balaban J connectivity index is 2.60. The van der Waals surface area contributed by atoms with E-state index in [9.17, 15) is 5.11 Å². The number of hydrogen-bond acceptors (Lipinski definition) is 3. The molecule has 3 nitrogen and oxygen atoms in total. The van der Waals surface area contributed by atoms with Crippen molar-refractivity contribution in [3.63, 3.8) is 0 Å². The average molecular weight is 195 g/mol. The first-order valence-corrected chi connectivity index (χ1v) is 4.70. The van der Waals surface area contributed by atoms with E-state index in [2.05, 4.69) is 0 Å². The van der Waals surface area contributed by atoms with Gasteiger partial charge in [0.25, 0.3) is 0 Å². The van der Waals surface area contributed by atoms with Crippen molar-refractivity contribution in [2.24, 2.45) is 0 Å². The smallest absolute Gasteiger partial charge is 0.0945 e. The van der Waals surface area contributed by atoms with Crippen LogP contribution in [-0.4, -0.2) is 36.5 Å². The molecule has 0 radical (unpaired) electrons. The Labute approximate surface area is 84.6 Å². The first-order chi connectivity index (χ1) is 6.63. The van der Waals surface area contributed by atoms with E-state index in [0.29, 0.717) is 6.54 Å². The fourth-order valence-electron chi connectivity index (χ4n) is 1.28. The molecule has 0 aliphatic carbocycles. The monoisotopic (exact) mass is 195 g/mol. The number of aliphatic hydroxyl groups is 2. The van der Waals surface area contributed by atoms with Crippen LogP contribution >= 0.6 is 0 Å². The average Bonchev–Trinajstić information content (AvgIpc) is 2.18. The van der Waals surface area contributed by atoms with Gasteiger partial charge in [-0.2, -0.15) is 0 Å². The Morgan fingerprint density at radius 2 is 1.86 bits per heavy atom. The van der Waals surface area contributed by atoms with E-state index in [1.165, 1.54) is 5.56 Å². The SMILES string of the molecule is Cc1ccc(N(C)CC(O)CO)cc1. The second-order valence-electron chi connectivity index (χ2n) is 3.55. The van der Waals surface area contributed by atoms with Crippen LogP contribution in [0.25, 0.3) is 0 Å². The van der Waals surface area contributed by atoms with Crippen LogP contribution in [0.3, 0.4) is 0 Å². The molecule has 0 heterocycles. The number of aryl methyl sites for hydroxylation is 1. The lowest BCUT2D eigenvalue weighted by molar-refractivity contribution is 0.101. The molecule has 0 bridgehead atoms. The molecule has 14 heavy (non-hydrogen) atoms. The molecular weight excluding hydrogens is 178 g/mol. The molecule has 0 aromatic heterocycles. The summed E-state index contributed by atoms with van der Waals surface area (Å²) in [5, 5.41) is 18.0. The van der Waals surface area contributed by atoms with Gasteiger partial charge in [-0.15, -0.1) is 0 Å². The van der Waals surface area contributed by atoms with Gasteiger partial charge in [0.1, 0.15) is 0 Å². The highest BCUT2D eigenvalue weighted by Gasteiger charge is 2.06. The summed E-state index contributed by atoms with van der Waals surface area (Å²) in [4.78, 5) is 1.92. The van der Waals surface area contributed by atoms with Gasteiger partial charge in [0.15, 0.2) is 0 Å². The molecule has 1 aromatic rings. The molecule has 0 saturated carbocycles. The first kappa shape index (κ1) is 11.0. The zero-order valence-electron chi connectivity index (χ0n) is 8.64. The Morgan fingerprint density at radius 3 is 2.36 bits per heavy atom. The van der Waals surface area contributed by atoms with Crippen LogP contribution in [0.2, 0.25) is 0 Å². The fraction of sp³-hybridized carbons (Fsp3) is 0.455. The minimum atomic E-state index is -0.679. The topological polar surface area (TPSA) is 43.7 Å². The van der Waals surface area contributed by atoms with Gasteiger partial charge < -0.3 is 15.1 Å². The highest BCUT2D eigenvalue weighted by molar-refractivity contribution is 5.46. The van der Waals surface area contributed by atoms with Crippen LogP contribution in [0.5, 0.6) is 0 Å². The van der Waals surface area contributed by atoms with E-state index in [-0.39, 0.29) is 6.61 Å². The van der Waals surface area contributed by atoms with Crippen LogP contribution in [0.4, 0.5) is 5.69 Å². The van der Waals surface area contributed by atoms with Crippen molar-refractivity contribution in [1.82, 2.24) is 0 Å². The quantitative estimate of drug-likeness (QED) is 0.746. The molecule has 78 valence electrons. The maximum Gasteiger partial charge on any atom is 0.0945 e. The number of rotatable bonds is 4. The molecule has 3 heteroatoms. The number of nitrogens with zero attached hydrogens (tertiary/aromatic N) is 1. The molecule has 0 spiro atoms. The maximum atomic E-state index is 9.25. The van der Waals surface area contributed by atoms with Crippen LogP contribution in [0.1, 0.15) is 5.56 Å². The van der Waals surface area contributed by atoms with Crippen LogP contribution in [0.15, 0.2) is 24.3 Å². The van der Waals surface area contributed by atoms with E-state index >= 15 is 0 Å². The summed E-state index contributed by atoms with van der Waals surface area (Å²) < 4.78 is 0. The third kappa shape index (κ3) is 3.01. The van der Waals surface area contributed by atoms with Crippen molar-refractivity contribution in [1.29, 1.82) is 0 Å². The highest BCUT2D eigenvalue weighted by atomic mass is 16.3. The summed E-state index contributed by atoms with van der Waals surface area (Å²) in [6, 6.07) is 8.05. The van der Waals surface area contributed by atoms with E-state index in [4.69, 9.17) is 5.11 Å². The Kier molecular flexibility index (Phi) is 3.92. The van der Waals surface area contributed by atoms with Crippen LogP contribution in [-0.2, 0) is 0 Å².